The topological polar surface area (TPSA) is 35.2 Å². The van der Waals surface area contributed by atoms with Crippen molar-refractivity contribution in [1.29, 1.82) is 0 Å². The lowest BCUT2D eigenvalue weighted by atomic mass is 9.74. The second-order valence-electron chi connectivity index (χ2n) is 11.4. The van der Waals surface area contributed by atoms with Gasteiger partial charge in [-0.25, -0.2) is 0 Å². The molecule has 0 spiro atoms. The molecule has 0 aromatic rings. The van der Waals surface area contributed by atoms with Gasteiger partial charge in [0, 0.05) is 6.61 Å². The zero-order valence-corrected chi connectivity index (χ0v) is 25.2. The van der Waals surface area contributed by atoms with Crippen LogP contribution in [-0.2, 0) is 4.74 Å². The predicted octanol–water partition coefficient (Wildman–Crippen LogP) is 11.1. The van der Waals surface area contributed by atoms with E-state index in [1.54, 1.807) is 0 Å². The van der Waals surface area contributed by atoms with E-state index in [1.165, 1.54) is 154 Å². The Morgan fingerprint density at radius 1 is 0.486 bits per heavy atom. The standard InChI is InChI=1S/C33H69NO/c1-5-9-12-15-18-21-24-29-33(35-8-4,30-25-22-19-16-13-10-6-2)32(28-26-31-34)27-23-20-17-14-11-7-3/h32H,5-31,34H2,1-4H3. The molecule has 0 radical (unpaired) electrons. The molecule has 2 N–H and O–H groups in total. The highest BCUT2D eigenvalue weighted by molar-refractivity contribution is 4.89. The highest BCUT2D eigenvalue weighted by Gasteiger charge is 2.37. The van der Waals surface area contributed by atoms with Gasteiger partial charge in [0.25, 0.3) is 0 Å². The molecule has 1 atom stereocenters. The molecule has 212 valence electrons. The SMILES string of the molecule is CCCCCCCCCC(CCCCCCCCC)(OCC)C(CCCN)CCCCCCCC. The maximum absolute atomic E-state index is 6.83. The van der Waals surface area contributed by atoms with Crippen LogP contribution in [0.3, 0.4) is 0 Å². The lowest BCUT2D eigenvalue weighted by Crippen LogP contribution is -2.41. The number of hydrogen-bond donors (Lipinski definition) is 1. The van der Waals surface area contributed by atoms with Crippen LogP contribution in [0.15, 0.2) is 0 Å². The summed E-state index contributed by atoms with van der Waals surface area (Å²) in [6, 6.07) is 0. The minimum Gasteiger partial charge on any atom is -0.375 e. The van der Waals surface area contributed by atoms with Gasteiger partial charge in [0.1, 0.15) is 0 Å². The van der Waals surface area contributed by atoms with Gasteiger partial charge < -0.3 is 10.5 Å². The van der Waals surface area contributed by atoms with E-state index in [1.807, 2.05) is 0 Å². The van der Waals surface area contributed by atoms with E-state index < -0.39 is 0 Å². The highest BCUT2D eigenvalue weighted by Crippen LogP contribution is 2.40. The summed E-state index contributed by atoms with van der Waals surface area (Å²) in [6.07, 6.45) is 34.1. The molecular formula is C33H69NO. The third-order valence-electron chi connectivity index (χ3n) is 8.25. The van der Waals surface area contributed by atoms with Crippen LogP contribution in [-0.4, -0.2) is 18.8 Å². The fraction of sp³-hybridized carbons (Fsp3) is 1.00. The van der Waals surface area contributed by atoms with Crippen LogP contribution < -0.4 is 5.73 Å². The predicted molar refractivity (Wildman–Crippen MR) is 159 cm³/mol. The quantitative estimate of drug-likeness (QED) is 0.105. The Bertz CT molecular complexity index is 379. The van der Waals surface area contributed by atoms with E-state index in [4.69, 9.17) is 10.5 Å². The van der Waals surface area contributed by atoms with Crippen molar-refractivity contribution in [2.45, 2.75) is 194 Å². The number of unbranched alkanes of at least 4 members (excludes halogenated alkanes) is 17. The first-order valence-corrected chi connectivity index (χ1v) is 16.5. The third-order valence-corrected chi connectivity index (χ3v) is 8.25. The molecule has 0 aliphatic heterocycles. The lowest BCUT2D eigenvalue weighted by Gasteiger charge is -2.42. The number of nitrogens with two attached hydrogens (primary N) is 1. The maximum atomic E-state index is 6.83. The number of hydrogen-bond acceptors (Lipinski definition) is 2. The molecule has 1 unspecified atom stereocenters. The van der Waals surface area contributed by atoms with Gasteiger partial charge in [0.15, 0.2) is 0 Å². The van der Waals surface area contributed by atoms with Crippen molar-refractivity contribution in [2.75, 3.05) is 13.2 Å². The van der Waals surface area contributed by atoms with Crippen LogP contribution in [0.4, 0.5) is 0 Å². The Labute approximate surface area is 223 Å². The van der Waals surface area contributed by atoms with Gasteiger partial charge in [-0.2, -0.15) is 0 Å². The minimum absolute atomic E-state index is 0.0974. The number of rotatable bonds is 29. The average molecular weight is 496 g/mol. The van der Waals surface area contributed by atoms with Gasteiger partial charge >= 0.3 is 0 Å². The molecule has 0 heterocycles. The van der Waals surface area contributed by atoms with Gasteiger partial charge in [-0.1, -0.05) is 149 Å². The Morgan fingerprint density at radius 3 is 1.26 bits per heavy atom. The average Bonchev–Trinajstić information content (AvgIpc) is 2.86. The molecular weight excluding hydrogens is 426 g/mol. The molecule has 0 fully saturated rings. The van der Waals surface area contributed by atoms with Crippen molar-refractivity contribution in [3.63, 3.8) is 0 Å². The molecule has 35 heavy (non-hydrogen) atoms. The summed E-state index contributed by atoms with van der Waals surface area (Å²) in [5.74, 6) is 0.692. The van der Waals surface area contributed by atoms with Crippen LogP contribution >= 0.6 is 0 Å². The minimum atomic E-state index is 0.0974. The molecule has 0 saturated heterocycles. The van der Waals surface area contributed by atoms with E-state index in [-0.39, 0.29) is 5.60 Å². The summed E-state index contributed by atoms with van der Waals surface area (Å²) in [7, 11) is 0. The van der Waals surface area contributed by atoms with Crippen LogP contribution in [0, 0.1) is 5.92 Å². The molecule has 0 aliphatic rings. The van der Waals surface area contributed by atoms with E-state index in [0.29, 0.717) is 5.92 Å². The van der Waals surface area contributed by atoms with Gasteiger partial charge in [0.05, 0.1) is 5.60 Å². The van der Waals surface area contributed by atoms with Crippen LogP contribution in [0.1, 0.15) is 188 Å². The zero-order valence-electron chi connectivity index (χ0n) is 25.2. The van der Waals surface area contributed by atoms with Crippen molar-refractivity contribution in [2.24, 2.45) is 11.7 Å². The van der Waals surface area contributed by atoms with E-state index in [2.05, 4.69) is 27.7 Å². The molecule has 0 rings (SSSR count). The summed E-state index contributed by atoms with van der Waals surface area (Å²) in [6.45, 7) is 10.9. The van der Waals surface area contributed by atoms with Crippen LogP contribution in [0.25, 0.3) is 0 Å². The summed E-state index contributed by atoms with van der Waals surface area (Å²) in [5, 5.41) is 0. The fourth-order valence-corrected chi connectivity index (χ4v) is 6.05. The Hall–Kier alpha value is -0.0800. The first kappa shape index (κ1) is 34.9. The van der Waals surface area contributed by atoms with Gasteiger partial charge in [-0.15, -0.1) is 0 Å². The van der Waals surface area contributed by atoms with Crippen LogP contribution in [0.2, 0.25) is 0 Å². The normalized spacial score (nSPS) is 12.9. The molecule has 0 aliphatic carbocycles. The van der Waals surface area contributed by atoms with Gasteiger partial charge in [0.2, 0.25) is 0 Å². The molecule has 2 nitrogen and oxygen atoms in total. The van der Waals surface area contributed by atoms with Crippen LogP contribution in [0.5, 0.6) is 0 Å². The van der Waals surface area contributed by atoms with Gasteiger partial charge in [-0.3, -0.25) is 0 Å². The van der Waals surface area contributed by atoms with Crippen molar-refractivity contribution in [1.82, 2.24) is 0 Å². The number of ether oxygens (including phenoxy) is 1. The Kier molecular flexibility index (Phi) is 26.9. The first-order chi connectivity index (χ1) is 17.2. The molecule has 0 bridgehead atoms. The molecule has 0 amide bonds. The zero-order chi connectivity index (χ0) is 25.9. The monoisotopic (exact) mass is 496 g/mol. The smallest absolute Gasteiger partial charge is 0.0710 e. The summed E-state index contributed by atoms with van der Waals surface area (Å²) < 4.78 is 6.83. The molecule has 0 saturated carbocycles. The summed E-state index contributed by atoms with van der Waals surface area (Å²) in [5.41, 5.74) is 6.12. The third kappa shape index (κ3) is 19.7. The highest BCUT2D eigenvalue weighted by atomic mass is 16.5. The van der Waals surface area contributed by atoms with Crippen molar-refractivity contribution >= 4 is 0 Å². The fourth-order valence-electron chi connectivity index (χ4n) is 6.05. The van der Waals surface area contributed by atoms with E-state index >= 15 is 0 Å². The summed E-state index contributed by atoms with van der Waals surface area (Å²) in [4.78, 5) is 0. The Balaban J connectivity index is 5.06. The largest absolute Gasteiger partial charge is 0.375 e. The van der Waals surface area contributed by atoms with Crippen molar-refractivity contribution in [3.8, 4) is 0 Å². The van der Waals surface area contributed by atoms with Crippen molar-refractivity contribution in [3.05, 3.63) is 0 Å². The maximum Gasteiger partial charge on any atom is 0.0710 e. The summed E-state index contributed by atoms with van der Waals surface area (Å²) >= 11 is 0. The Morgan fingerprint density at radius 2 is 0.857 bits per heavy atom. The molecule has 2 heteroatoms. The molecule has 0 aromatic heterocycles. The second-order valence-corrected chi connectivity index (χ2v) is 11.4. The van der Waals surface area contributed by atoms with E-state index in [9.17, 15) is 0 Å². The lowest BCUT2D eigenvalue weighted by molar-refractivity contribution is -0.102. The van der Waals surface area contributed by atoms with Gasteiger partial charge in [-0.05, 0) is 51.5 Å². The molecule has 0 aromatic carbocycles. The van der Waals surface area contributed by atoms with Crippen molar-refractivity contribution < 1.29 is 4.74 Å². The second kappa shape index (κ2) is 27.0. The van der Waals surface area contributed by atoms with E-state index in [0.717, 1.165) is 19.6 Å². The first-order valence-electron chi connectivity index (χ1n) is 16.5.